The summed E-state index contributed by atoms with van der Waals surface area (Å²) in [5.74, 6) is -0.352. The summed E-state index contributed by atoms with van der Waals surface area (Å²) < 4.78 is 14.6. The molecular formula is C14H13BrFNO. The lowest BCUT2D eigenvalue weighted by atomic mass is 10.1. The number of halogens is 2. The van der Waals surface area contributed by atoms with E-state index in [1.54, 1.807) is 0 Å². The number of hydrogen-bond acceptors (Lipinski definition) is 1. The van der Waals surface area contributed by atoms with E-state index in [0.29, 0.717) is 5.56 Å². The van der Waals surface area contributed by atoms with Gasteiger partial charge in [-0.15, -0.1) is 0 Å². The summed E-state index contributed by atoms with van der Waals surface area (Å²) in [6.07, 6.45) is 1.86. The minimum atomic E-state index is -0.329. The minimum Gasteiger partial charge on any atom is -1.00 e. The van der Waals surface area contributed by atoms with E-state index in [4.69, 9.17) is 0 Å². The van der Waals surface area contributed by atoms with E-state index < -0.39 is 0 Å². The molecule has 0 atom stereocenters. The van der Waals surface area contributed by atoms with Gasteiger partial charge in [0.15, 0.2) is 11.9 Å². The zero-order valence-electron chi connectivity index (χ0n) is 9.94. The van der Waals surface area contributed by atoms with Crippen LogP contribution >= 0.6 is 0 Å². The fourth-order valence-corrected chi connectivity index (χ4v) is 1.62. The van der Waals surface area contributed by atoms with Gasteiger partial charge in [-0.05, 0) is 24.3 Å². The molecule has 0 saturated carbocycles. The Bertz CT molecular complexity index is 540. The van der Waals surface area contributed by atoms with Crippen molar-refractivity contribution in [3.05, 3.63) is 65.7 Å². The average Bonchev–Trinajstić information content (AvgIpc) is 2.33. The van der Waals surface area contributed by atoms with E-state index in [0.717, 1.165) is 5.69 Å². The molecule has 2 nitrogen and oxygen atoms in total. The normalized spacial score (nSPS) is 9.67. The van der Waals surface area contributed by atoms with Crippen molar-refractivity contribution >= 4 is 5.78 Å². The maximum absolute atomic E-state index is 12.7. The van der Waals surface area contributed by atoms with Crippen molar-refractivity contribution in [2.24, 2.45) is 0 Å². The molecule has 1 aromatic carbocycles. The van der Waals surface area contributed by atoms with Gasteiger partial charge in [-0.25, -0.2) is 4.39 Å². The Hall–Kier alpha value is -1.55. The standard InChI is InChI=1S/C14H13FNO.BrH/c1-11-4-2-3-9-16(11)10-14(17)12-5-7-13(15)8-6-12;/h2-9H,10H2,1H3;1H/q+1;/p-1. The summed E-state index contributed by atoms with van der Waals surface area (Å²) in [5.41, 5.74) is 1.55. The Labute approximate surface area is 116 Å². The molecular weight excluding hydrogens is 297 g/mol. The maximum Gasteiger partial charge on any atom is 0.227 e. The highest BCUT2D eigenvalue weighted by molar-refractivity contribution is 5.94. The molecule has 0 amide bonds. The van der Waals surface area contributed by atoms with Gasteiger partial charge in [0.25, 0.3) is 0 Å². The smallest absolute Gasteiger partial charge is 0.227 e. The van der Waals surface area contributed by atoms with E-state index in [1.807, 2.05) is 35.9 Å². The van der Waals surface area contributed by atoms with Gasteiger partial charge in [0.2, 0.25) is 12.3 Å². The van der Waals surface area contributed by atoms with Crippen LogP contribution in [-0.2, 0) is 6.54 Å². The quantitative estimate of drug-likeness (QED) is 0.543. The van der Waals surface area contributed by atoms with E-state index in [-0.39, 0.29) is 35.1 Å². The van der Waals surface area contributed by atoms with E-state index >= 15 is 0 Å². The number of aryl methyl sites for hydroxylation is 1. The first kappa shape index (κ1) is 14.5. The Morgan fingerprint density at radius 2 is 1.83 bits per heavy atom. The van der Waals surface area contributed by atoms with Gasteiger partial charge >= 0.3 is 0 Å². The Morgan fingerprint density at radius 1 is 1.17 bits per heavy atom. The first-order valence-corrected chi connectivity index (χ1v) is 5.40. The molecule has 2 aromatic rings. The molecule has 1 aromatic heterocycles. The molecule has 0 aliphatic rings. The predicted molar refractivity (Wildman–Crippen MR) is 62.1 cm³/mol. The molecule has 0 N–H and O–H groups in total. The molecule has 94 valence electrons. The molecule has 0 radical (unpaired) electrons. The molecule has 0 unspecified atom stereocenters. The molecule has 0 aliphatic carbocycles. The number of Topliss-reactive ketones (excluding diaryl/α,β-unsaturated/α-hetero) is 1. The average molecular weight is 310 g/mol. The van der Waals surface area contributed by atoms with Crippen molar-refractivity contribution in [2.45, 2.75) is 13.5 Å². The SMILES string of the molecule is Cc1cccc[n+]1CC(=O)c1ccc(F)cc1.[Br-]. The zero-order chi connectivity index (χ0) is 12.3. The van der Waals surface area contributed by atoms with Crippen molar-refractivity contribution in [1.82, 2.24) is 0 Å². The van der Waals surface area contributed by atoms with E-state index in [9.17, 15) is 9.18 Å². The van der Waals surface area contributed by atoms with Crippen LogP contribution in [0.5, 0.6) is 0 Å². The highest BCUT2D eigenvalue weighted by Crippen LogP contribution is 2.04. The summed E-state index contributed by atoms with van der Waals surface area (Å²) in [7, 11) is 0. The third-order valence-corrected chi connectivity index (χ3v) is 2.65. The van der Waals surface area contributed by atoms with Crippen LogP contribution in [0, 0.1) is 12.7 Å². The molecule has 0 bridgehead atoms. The van der Waals surface area contributed by atoms with Crippen LogP contribution < -0.4 is 21.5 Å². The van der Waals surface area contributed by atoms with Crippen LogP contribution in [-0.4, -0.2) is 5.78 Å². The topological polar surface area (TPSA) is 20.9 Å². The summed E-state index contributed by atoms with van der Waals surface area (Å²) >= 11 is 0. The molecule has 4 heteroatoms. The van der Waals surface area contributed by atoms with Gasteiger partial charge in [0, 0.05) is 24.6 Å². The largest absolute Gasteiger partial charge is 1.00 e. The van der Waals surface area contributed by atoms with E-state index in [2.05, 4.69) is 0 Å². The zero-order valence-corrected chi connectivity index (χ0v) is 11.5. The molecule has 0 saturated heterocycles. The van der Waals surface area contributed by atoms with Crippen molar-refractivity contribution < 1.29 is 30.7 Å². The fraction of sp³-hybridized carbons (Fsp3) is 0.143. The second-order valence-electron chi connectivity index (χ2n) is 3.90. The lowest BCUT2D eigenvalue weighted by molar-refractivity contribution is -0.689. The number of carbonyl (C=O) groups excluding carboxylic acids is 1. The van der Waals surface area contributed by atoms with Gasteiger partial charge in [0.05, 0.1) is 0 Å². The van der Waals surface area contributed by atoms with Crippen LogP contribution in [0.3, 0.4) is 0 Å². The predicted octanol–water partition coefficient (Wildman–Crippen LogP) is -0.691. The van der Waals surface area contributed by atoms with Crippen molar-refractivity contribution in [2.75, 3.05) is 0 Å². The van der Waals surface area contributed by atoms with Crippen LogP contribution in [0.1, 0.15) is 16.1 Å². The van der Waals surface area contributed by atoms with Crippen LogP contribution in [0.4, 0.5) is 4.39 Å². The Kier molecular flexibility index (Phi) is 5.16. The van der Waals surface area contributed by atoms with Gasteiger partial charge in [-0.3, -0.25) is 4.79 Å². The van der Waals surface area contributed by atoms with E-state index in [1.165, 1.54) is 24.3 Å². The number of rotatable bonds is 3. The highest BCUT2D eigenvalue weighted by Gasteiger charge is 2.13. The first-order valence-electron chi connectivity index (χ1n) is 5.40. The number of pyridine rings is 1. The van der Waals surface area contributed by atoms with Crippen molar-refractivity contribution in [3.8, 4) is 0 Å². The fourth-order valence-electron chi connectivity index (χ4n) is 1.62. The summed E-state index contributed by atoms with van der Waals surface area (Å²) in [6, 6.07) is 11.4. The summed E-state index contributed by atoms with van der Waals surface area (Å²) in [4.78, 5) is 11.9. The van der Waals surface area contributed by atoms with Crippen LogP contribution in [0.2, 0.25) is 0 Å². The monoisotopic (exact) mass is 309 g/mol. The van der Waals surface area contributed by atoms with Gasteiger partial charge in [-0.1, -0.05) is 6.07 Å². The lowest BCUT2D eigenvalue weighted by Gasteiger charge is -2.00. The van der Waals surface area contributed by atoms with Crippen LogP contribution in [0.15, 0.2) is 48.7 Å². The highest BCUT2D eigenvalue weighted by atomic mass is 79.9. The van der Waals surface area contributed by atoms with Crippen molar-refractivity contribution in [3.63, 3.8) is 0 Å². The van der Waals surface area contributed by atoms with Gasteiger partial charge in [-0.2, -0.15) is 4.57 Å². The Balaban J connectivity index is 0.00000162. The summed E-state index contributed by atoms with van der Waals surface area (Å²) in [5, 5.41) is 0. The Morgan fingerprint density at radius 3 is 2.44 bits per heavy atom. The maximum atomic E-state index is 12.7. The van der Waals surface area contributed by atoms with Gasteiger partial charge < -0.3 is 17.0 Å². The van der Waals surface area contributed by atoms with Crippen molar-refractivity contribution in [1.29, 1.82) is 0 Å². The number of ketones is 1. The summed E-state index contributed by atoms with van der Waals surface area (Å²) in [6.45, 7) is 2.22. The number of benzene rings is 1. The van der Waals surface area contributed by atoms with Gasteiger partial charge in [0.1, 0.15) is 5.82 Å². The minimum absolute atomic E-state index is 0. The number of aromatic nitrogens is 1. The molecule has 2 rings (SSSR count). The molecule has 0 aliphatic heterocycles. The third kappa shape index (κ3) is 3.47. The first-order chi connectivity index (χ1) is 8.16. The molecule has 18 heavy (non-hydrogen) atoms. The van der Waals surface area contributed by atoms with Crippen LogP contribution in [0.25, 0.3) is 0 Å². The molecule has 0 spiro atoms. The lowest BCUT2D eigenvalue weighted by Crippen LogP contribution is -3.00. The number of carbonyl (C=O) groups is 1. The molecule has 1 heterocycles. The second-order valence-corrected chi connectivity index (χ2v) is 3.90. The molecule has 0 fully saturated rings. The second kappa shape index (κ2) is 6.40. The number of nitrogens with zero attached hydrogens (tertiary/aromatic N) is 1. The third-order valence-electron chi connectivity index (χ3n) is 2.65. The number of hydrogen-bond donors (Lipinski definition) is 0.